The van der Waals surface area contributed by atoms with Crippen molar-refractivity contribution < 1.29 is 69.4 Å². The Hall–Kier alpha value is -3.88. The second kappa shape index (κ2) is 19.3. The van der Waals surface area contributed by atoms with Gasteiger partial charge in [0.2, 0.25) is 24.4 Å². The Morgan fingerprint density at radius 1 is 0.571 bits per heavy atom. The maximum absolute atomic E-state index is 13.9. The number of carbonyl (C=O) groups is 2. The summed E-state index contributed by atoms with van der Waals surface area (Å²) in [7, 11) is 0. The van der Waals surface area contributed by atoms with Crippen LogP contribution in [-0.2, 0) is 19.1 Å². The molecule has 4 heterocycles. The van der Waals surface area contributed by atoms with Crippen LogP contribution in [0.4, 0.5) is 11.4 Å². The maximum Gasteiger partial charge on any atom is 0.229 e. The van der Waals surface area contributed by atoms with E-state index >= 15 is 0 Å². The first kappa shape index (κ1) is 45.7. The molecule has 0 aliphatic carbocycles. The van der Waals surface area contributed by atoms with E-state index < -0.39 is 74.6 Å². The average Bonchev–Trinajstić information content (AvgIpc) is 3.88. The van der Waals surface area contributed by atoms with Crippen LogP contribution >= 0.6 is 23.2 Å². The number of fused-ring (bicyclic) bond motifs is 6. The first-order valence-electron chi connectivity index (χ1n) is 21.2. The third-order valence-corrected chi connectivity index (χ3v) is 13.4. The lowest BCUT2D eigenvalue weighted by Crippen LogP contribution is -2.60. The minimum Gasteiger partial charge on any atom is -0.461 e. The number of anilines is 2. The monoisotopic (exact) mass is 914 g/mol. The van der Waals surface area contributed by atoms with E-state index in [9.17, 15) is 50.4 Å². The van der Waals surface area contributed by atoms with Crippen molar-refractivity contribution in [1.29, 1.82) is 0 Å². The molecular formula is C45H52Cl2N2O14. The van der Waals surface area contributed by atoms with E-state index in [4.69, 9.17) is 42.1 Å². The number of ether oxygens (including phenoxy) is 4. The standard InChI is InChI=1S/C45H52Cl2N2O14/c46-16-22-18-48(28-14-30(24-8-4-6-10-26(24)36(22)28)60-44-42(58)40(56)38(54)32(20-50)62-44)34(52)12-2-1-3-13-35(53)49-19-23(17-47)37-27-11-7-5-9-25(27)31(15-29(37)49)61-45-43(59)41(57)39(55)33(21-51)63-45/h4-11,14-15,22-23,32-33,38-45,50-51,54-59H,1-3,12-13,16-21H2/t22-,23?,32?,33?,38?,39?,40?,41?,42?,43?,44?,45?/m1/s1. The van der Waals surface area contributed by atoms with Gasteiger partial charge in [-0.25, -0.2) is 0 Å². The van der Waals surface area contributed by atoms with E-state index in [1.54, 1.807) is 21.9 Å². The first-order chi connectivity index (χ1) is 30.4. The predicted octanol–water partition coefficient (Wildman–Crippen LogP) is 2.34. The number of halogens is 2. The zero-order chi connectivity index (χ0) is 44.7. The molecular weight excluding hydrogens is 863 g/mol. The van der Waals surface area contributed by atoms with Gasteiger partial charge in [0.05, 0.1) is 24.6 Å². The van der Waals surface area contributed by atoms with E-state index in [0.717, 1.165) is 21.9 Å². The average molecular weight is 916 g/mol. The third kappa shape index (κ3) is 8.57. The van der Waals surface area contributed by atoms with Gasteiger partial charge in [-0.2, -0.15) is 0 Å². The number of hydrogen-bond acceptors (Lipinski definition) is 14. The number of carbonyl (C=O) groups excluding carboxylic acids is 2. The normalized spacial score (nSPS) is 30.4. The number of nitrogens with zero attached hydrogens (tertiary/aromatic N) is 2. The molecule has 340 valence electrons. The van der Waals surface area contributed by atoms with Crippen LogP contribution < -0.4 is 19.3 Å². The van der Waals surface area contributed by atoms with Gasteiger partial charge in [0.15, 0.2) is 0 Å². The van der Waals surface area contributed by atoms with Crippen molar-refractivity contribution in [3.63, 3.8) is 0 Å². The van der Waals surface area contributed by atoms with E-state index in [1.165, 1.54) is 0 Å². The Morgan fingerprint density at radius 3 is 1.32 bits per heavy atom. The fraction of sp³-hybridized carbons (Fsp3) is 0.511. The molecule has 16 nitrogen and oxygen atoms in total. The first-order valence-corrected chi connectivity index (χ1v) is 22.3. The largest absolute Gasteiger partial charge is 0.461 e. The molecule has 0 spiro atoms. The molecule has 4 aliphatic rings. The number of unbranched alkanes of at least 4 members (excludes halogenated alkanes) is 2. The molecule has 0 bridgehead atoms. The quantitative estimate of drug-likeness (QED) is 0.0670. The third-order valence-electron chi connectivity index (χ3n) is 12.7. The molecule has 12 atom stereocenters. The summed E-state index contributed by atoms with van der Waals surface area (Å²) in [5, 5.41) is 85.1. The van der Waals surface area contributed by atoms with E-state index in [-0.39, 0.29) is 59.8 Å². The summed E-state index contributed by atoms with van der Waals surface area (Å²) in [5.74, 6) is 0.350. The minimum atomic E-state index is -1.63. The Kier molecular flexibility index (Phi) is 14.0. The highest BCUT2D eigenvalue weighted by Crippen LogP contribution is 2.48. The highest BCUT2D eigenvalue weighted by atomic mass is 35.5. The van der Waals surface area contributed by atoms with Gasteiger partial charge in [-0.05, 0) is 34.7 Å². The van der Waals surface area contributed by atoms with Crippen LogP contribution in [0.3, 0.4) is 0 Å². The molecule has 2 saturated heterocycles. The second-order valence-corrected chi connectivity index (χ2v) is 17.2. The second-order valence-electron chi connectivity index (χ2n) is 16.6. The Bertz CT molecular complexity index is 2140. The van der Waals surface area contributed by atoms with Gasteiger partial charge in [0.1, 0.15) is 60.3 Å². The summed E-state index contributed by atoms with van der Waals surface area (Å²) in [5.41, 5.74) is 2.92. The number of hydrogen-bond donors (Lipinski definition) is 8. The van der Waals surface area contributed by atoms with Gasteiger partial charge in [-0.3, -0.25) is 9.59 Å². The van der Waals surface area contributed by atoms with Crippen molar-refractivity contribution in [1.82, 2.24) is 0 Å². The van der Waals surface area contributed by atoms with Crippen molar-refractivity contribution >= 4 is 67.9 Å². The number of rotatable bonds is 14. The maximum atomic E-state index is 13.9. The molecule has 8 N–H and O–H groups in total. The molecule has 63 heavy (non-hydrogen) atoms. The molecule has 11 unspecified atom stereocenters. The summed E-state index contributed by atoms with van der Waals surface area (Å²) >= 11 is 13.0. The molecule has 18 heteroatoms. The lowest BCUT2D eigenvalue weighted by molar-refractivity contribution is -0.277. The summed E-state index contributed by atoms with van der Waals surface area (Å²) < 4.78 is 23.5. The molecule has 4 aromatic rings. The van der Waals surface area contributed by atoms with Crippen LogP contribution in [0.5, 0.6) is 11.5 Å². The zero-order valence-corrected chi connectivity index (χ0v) is 35.7. The lowest BCUT2D eigenvalue weighted by atomic mass is 9.95. The van der Waals surface area contributed by atoms with Crippen molar-refractivity contribution in [2.45, 2.75) is 105 Å². The highest BCUT2D eigenvalue weighted by molar-refractivity contribution is 6.19. The summed E-state index contributed by atoms with van der Waals surface area (Å²) in [6.07, 6.45) is -12.9. The Balaban J connectivity index is 0.942. The predicted molar refractivity (Wildman–Crippen MR) is 231 cm³/mol. The van der Waals surface area contributed by atoms with E-state index in [0.29, 0.717) is 54.5 Å². The Labute approximate surface area is 372 Å². The van der Waals surface area contributed by atoms with Crippen molar-refractivity contribution in [2.75, 3.05) is 47.9 Å². The molecule has 0 aromatic heterocycles. The summed E-state index contributed by atoms with van der Waals surface area (Å²) in [6.45, 7) is -0.572. The minimum absolute atomic E-state index is 0.151. The van der Waals surface area contributed by atoms with Gasteiger partial charge >= 0.3 is 0 Å². The van der Waals surface area contributed by atoms with Gasteiger partial charge < -0.3 is 69.6 Å². The lowest BCUT2D eigenvalue weighted by Gasteiger charge is -2.39. The Morgan fingerprint density at radius 2 is 0.952 bits per heavy atom. The molecule has 0 radical (unpaired) electrons. The molecule has 0 saturated carbocycles. The molecule has 4 aromatic carbocycles. The van der Waals surface area contributed by atoms with Gasteiger partial charge in [-0.1, -0.05) is 55.0 Å². The fourth-order valence-electron chi connectivity index (χ4n) is 9.32. The topological polar surface area (TPSA) is 239 Å². The summed E-state index contributed by atoms with van der Waals surface area (Å²) in [4.78, 5) is 31.2. The van der Waals surface area contributed by atoms with Gasteiger partial charge in [0, 0.05) is 72.4 Å². The fourth-order valence-corrected chi connectivity index (χ4v) is 9.83. The SMILES string of the molecule is O=C(CCCCCC(=O)N1C[C@@H](CCl)c2c1cc(OC1OC(CO)C(O)C(O)C1O)c1ccccc21)N1CC(CCl)c2c1cc(OC1OC(CO)C(O)C(O)C1O)c1ccccc21. The van der Waals surface area contributed by atoms with Gasteiger partial charge in [-0.15, -0.1) is 23.2 Å². The van der Waals surface area contributed by atoms with E-state index in [2.05, 4.69) is 0 Å². The van der Waals surface area contributed by atoms with Crippen LogP contribution in [-0.4, -0.2) is 152 Å². The van der Waals surface area contributed by atoms with Crippen LogP contribution in [0.15, 0.2) is 60.7 Å². The van der Waals surface area contributed by atoms with Crippen LogP contribution in [0, 0.1) is 0 Å². The number of aliphatic hydroxyl groups is 8. The molecule has 2 amide bonds. The number of alkyl halides is 2. The number of aliphatic hydroxyl groups excluding tert-OH is 8. The van der Waals surface area contributed by atoms with E-state index in [1.807, 2.05) is 48.5 Å². The number of benzene rings is 4. The molecule has 2 fully saturated rings. The van der Waals surface area contributed by atoms with Crippen LogP contribution in [0.2, 0.25) is 0 Å². The number of amides is 2. The summed E-state index contributed by atoms with van der Waals surface area (Å²) in [6, 6.07) is 18.1. The smallest absolute Gasteiger partial charge is 0.229 e. The molecule has 8 rings (SSSR count). The van der Waals surface area contributed by atoms with Crippen LogP contribution in [0.1, 0.15) is 55.1 Å². The van der Waals surface area contributed by atoms with Crippen LogP contribution in [0.25, 0.3) is 21.5 Å². The van der Waals surface area contributed by atoms with Gasteiger partial charge in [0.25, 0.3) is 0 Å². The highest BCUT2D eigenvalue weighted by Gasteiger charge is 2.47. The van der Waals surface area contributed by atoms with Crippen molar-refractivity contribution in [3.8, 4) is 11.5 Å². The zero-order valence-electron chi connectivity index (χ0n) is 34.2. The van der Waals surface area contributed by atoms with Crippen molar-refractivity contribution in [2.24, 2.45) is 0 Å². The molecule has 4 aliphatic heterocycles. The van der Waals surface area contributed by atoms with Crippen molar-refractivity contribution in [3.05, 3.63) is 71.8 Å².